The Morgan fingerprint density at radius 1 is 1.22 bits per heavy atom. The topological polar surface area (TPSA) is 69.6 Å². The molecule has 1 heterocycles. The number of nitrogens with zero attached hydrogens (tertiary/aromatic N) is 4. The normalized spacial score (nSPS) is 10.8. The number of unbranched alkanes of at least 4 members (excludes halogenated alkanes) is 2. The third-order valence-electron chi connectivity index (χ3n) is 2.60. The number of rotatable bonds is 6. The van der Waals surface area contributed by atoms with E-state index in [0.29, 0.717) is 0 Å². The van der Waals surface area contributed by atoms with Crippen LogP contribution in [0, 0.1) is 0 Å². The summed E-state index contributed by atoms with van der Waals surface area (Å²) in [4.78, 5) is 1.56. The van der Waals surface area contributed by atoms with Gasteiger partial charge in [0.05, 0.1) is 5.69 Å². The maximum Gasteiger partial charge on any atom is 0.175 e. The first-order chi connectivity index (χ1) is 8.79. The Morgan fingerprint density at radius 3 is 2.89 bits per heavy atom. The van der Waals surface area contributed by atoms with Gasteiger partial charge in [0.25, 0.3) is 0 Å². The standard InChI is InChI=1S/C12H16BrN5/c13-10-5-4-6-11(9-10)18-16-12(15-17-18)7-2-1-3-8-14/h4-6,9H,1-3,7-8,14H2. The quantitative estimate of drug-likeness (QED) is 0.830. The predicted molar refractivity (Wildman–Crippen MR) is 73.5 cm³/mol. The van der Waals surface area contributed by atoms with Crippen molar-refractivity contribution in [3.63, 3.8) is 0 Å². The van der Waals surface area contributed by atoms with E-state index >= 15 is 0 Å². The van der Waals surface area contributed by atoms with E-state index in [1.54, 1.807) is 4.80 Å². The van der Waals surface area contributed by atoms with Gasteiger partial charge in [-0.05, 0) is 42.8 Å². The fraction of sp³-hybridized carbons (Fsp3) is 0.417. The fourth-order valence-electron chi connectivity index (χ4n) is 1.66. The molecule has 0 saturated heterocycles. The van der Waals surface area contributed by atoms with Crippen molar-refractivity contribution in [2.24, 2.45) is 5.73 Å². The van der Waals surface area contributed by atoms with Crippen LogP contribution in [0.15, 0.2) is 28.7 Å². The van der Waals surface area contributed by atoms with Crippen molar-refractivity contribution in [1.29, 1.82) is 0 Å². The van der Waals surface area contributed by atoms with Gasteiger partial charge in [-0.15, -0.1) is 15.0 Å². The molecule has 6 heteroatoms. The van der Waals surface area contributed by atoms with E-state index in [4.69, 9.17) is 5.73 Å². The number of nitrogens with two attached hydrogens (primary N) is 1. The predicted octanol–water partition coefficient (Wildman–Crippen LogP) is 2.10. The van der Waals surface area contributed by atoms with Gasteiger partial charge < -0.3 is 5.73 Å². The largest absolute Gasteiger partial charge is 0.330 e. The highest BCUT2D eigenvalue weighted by Crippen LogP contribution is 2.13. The lowest BCUT2D eigenvalue weighted by Crippen LogP contribution is -2.00. The monoisotopic (exact) mass is 309 g/mol. The highest BCUT2D eigenvalue weighted by Gasteiger charge is 2.04. The van der Waals surface area contributed by atoms with Crippen LogP contribution in [0.2, 0.25) is 0 Å². The first kappa shape index (κ1) is 13.2. The lowest BCUT2D eigenvalue weighted by molar-refractivity contribution is 0.666. The summed E-state index contributed by atoms with van der Waals surface area (Å²) in [5.41, 5.74) is 6.36. The number of aromatic nitrogens is 4. The second-order valence-corrected chi connectivity index (χ2v) is 4.99. The molecule has 0 aliphatic carbocycles. The molecule has 18 heavy (non-hydrogen) atoms. The average molecular weight is 310 g/mol. The lowest BCUT2D eigenvalue weighted by atomic mass is 10.2. The van der Waals surface area contributed by atoms with Gasteiger partial charge in [-0.25, -0.2) is 0 Å². The van der Waals surface area contributed by atoms with Crippen LogP contribution < -0.4 is 5.73 Å². The summed E-state index contributed by atoms with van der Waals surface area (Å²) in [5, 5.41) is 12.5. The molecular weight excluding hydrogens is 294 g/mol. The molecule has 0 fully saturated rings. The van der Waals surface area contributed by atoms with E-state index in [2.05, 4.69) is 31.3 Å². The van der Waals surface area contributed by atoms with Gasteiger partial charge in [-0.3, -0.25) is 0 Å². The molecule has 2 N–H and O–H groups in total. The summed E-state index contributed by atoms with van der Waals surface area (Å²) in [6.07, 6.45) is 4.08. The number of hydrogen-bond donors (Lipinski definition) is 1. The van der Waals surface area contributed by atoms with Gasteiger partial charge in [0.2, 0.25) is 0 Å². The minimum Gasteiger partial charge on any atom is -0.330 e. The van der Waals surface area contributed by atoms with E-state index in [9.17, 15) is 0 Å². The Balaban J connectivity index is 1.97. The summed E-state index contributed by atoms with van der Waals surface area (Å²) >= 11 is 3.42. The molecule has 1 aromatic heterocycles. The molecule has 0 atom stereocenters. The van der Waals surface area contributed by atoms with Crippen molar-refractivity contribution >= 4 is 15.9 Å². The number of hydrogen-bond acceptors (Lipinski definition) is 4. The van der Waals surface area contributed by atoms with Gasteiger partial charge in [-0.2, -0.15) is 0 Å². The molecular formula is C12H16BrN5. The molecule has 1 aromatic carbocycles. The summed E-state index contributed by atoms with van der Waals surface area (Å²) < 4.78 is 1.00. The molecule has 2 aromatic rings. The van der Waals surface area contributed by atoms with Crippen LogP contribution in [0.25, 0.3) is 5.69 Å². The van der Waals surface area contributed by atoms with Crippen LogP contribution in [0.1, 0.15) is 25.1 Å². The van der Waals surface area contributed by atoms with Gasteiger partial charge >= 0.3 is 0 Å². The molecule has 0 amide bonds. The first-order valence-corrected chi connectivity index (χ1v) is 6.84. The fourth-order valence-corrected chi connectivity index (χ4v) is 2.04. The molecule has 96 valence electrons. The van der Waals surface area contributed by atoms with E-state index < -0.39 is 0 Å². The molecule has 5 nitrogen and oxygen atoms in total. The summed E-state index contributed by atoms with van der Waals surface area (Å²) in [5.74, 6) is 0.784. The minimum atomic E-state index is 0.748. The zero-order valence-corrected chi connectivity index (χ0v) is 11.7. The van der Waals surface area contributed by atoms with Crippen LogP contribution >= 0.6 is 15.9 Å². The van der Waals surface area contributed by atoms with Crippen LogP contribution in [0.3, 0.4) is 0 Å². The number of halogens is 1. The minimum absolute atomic E-state index is 0.748. The molecule has 0 radical (unpaired) electrons. The Kier molecular flexibility index (Phi) is 4.83. The Hall–Kier alpha value is -1.27. The van der Waals surface area contributed by atoms with E-state index in [0.717, 1.165) is 48.2 Å². The SMILES string of the molecule is NCCCCCc1nnn(-c2cccc(Br)c2)n1. The molecule has 0 aliphatic rings. The van der Waals surface area contributed by atoms with Crippen molar-refractivity contribution in [3.8, 4) is 5.69 Å². The van der Waals surface area contributed by atoms with Crippen LogP contribution in [-0.2, 0) is 6.42 Å². The maximum atomic E-state index is 5.45. The molecule has 0 bridgehead atoms. The van der Waals surface area contributed by atoms with Crippen LogP contribution in [0.4, 0.5) is 0 Å². The number of aryl methyl sites for hydroxylation is 1. The van der Waals surface area contributed by atoms with Crippen LogP contribution in [0.5, 0.6) is 0 Å². The highest BCUT2D eigenvalue weighted by atomic mass is 79.9. The van der Waals surface area contributed by atoms with Gasteiger partial charge in [-0.1, -0.05) is 28.4 Å². The van der Waals surface area contributed by atoms with Gasteiger partial charge in [0, 0.05) is 10.9 Å². The second kappa shape index (κ2) is 6.61. The van der Waals surface area contributed by atoms with Gasteiger partial charge in [0.15, 0.2) is 5.82 Å². The van der Waals surface area contributed by atoms with Crippen molar-refractivity contribution in [1.82, 2.24) is 20.2 Å². The van der Waals surface area contributed by atoms with E-state index in [1.807, 2.05) is 24.3 Å². The van der Waals surface area contributed by atoms with Crippen molar-refractivity contribution in [3.05, 3.63) is 34.6 Å². The van der Waals surface area contributed by atoms with E-state index in [1.165, 1.54) is 0 Å². The summed E-state index contributed by atoms with van der Waals surface area (Å²) in [6, 6.07) is 7.82. The third kappa shape index (κ3) is 3.61. The third-order valence-corrected chi connectivity index (χ3v) is 3.09. The average Bonchev–Trinajstić information content (AvgIpc) is 2.83. The zero-order chi connectivity index (χ0) is 12.8. The molecule has 2 rings (SSSR count). The Labute approximate surface area is 115 Å². The molecule has 0 aliphatic heterocycles. The lowest BCUT2D eigenvalue weighted by Gasteiger charge is -1.98. The number of benzene rings is 1. The highest BCUT2D eigenvalue weighted by molar-refractivity contribution is 9.10. The first-order valence-electron chi connectivity index (χ1n) is 6.04. The van der Waals surface area contributed by atoms with Crippen molar-refractivity contribution in [2.45, 2.75) is 25.7 Å². The number of tetrazole rings is 1. The Morgan fingerprint density at radius 2 is 2.11 bits per heavy atom. The molecule has 0 unspecified atom stereocenters. The zero-order valence-electron chi connectivity index (χ0n) is 10.1. The second-order valence-electron chi connectivity index (χ2n) is 4.07. The van der Waals surface area contributed by atoms with Crippen LogP contribution in [-0.4, -0.2) is 26.8 Å². The Bertz CT molecular complexity index is 497. The molecule has 0 saturated carbocycles. The van der Waals surface area contributed by atoms with E-state index in [-0.39, 0.29) is 0 Å². The summed E-state index contributed by atoms with van der Waals surface area (Å²) in [7, 11) is 0. The summed E-state index contributed by atoms with van der Waals surface area (Å²) in [6.45, 7) is 0.748. The van der Waals surface area contributed by atoms with Crippen molar-refractivity contribution in [2.75, 3.05) is 6.54 Å². The van der Waals surface area contributed by atoms with Crippen molar-refractivity contribution < 1.29 is 0 Å². The molecule has 0 spiro atoms. The van der Waals surface area contributed by atoms with Gasteiger partial charge in [0.1, 0.15) is 0 Å². The maximum absolute atomic E-state index is 5.45. The smallest absolute Gasteiger partial charge is 0.175 e.